The first kappa shape index (κ1) is 15.0. The standard InChI is InChI=1S/C14H25NO3/c1-6-14(5)10-15(9-7-8-11(14)16)12(17)18-13(2,3)4/h6-10H2,1-5H3. The van der Waals surface area contributed by atoms with E-state index in [0.717, 1.165) is 12.8 Å². The Hall–Kier alpha value is -1.06. The number of hydrogen-bond acceptors (Lipinski definition) is 3. The highest BCUT2D eigenvalue weighted by atomic mass is 16.6. The Bertz CT molecular complexity index is 332. The van der Waals surface area contributed by atoms with E-state index in [1.807, 2.05) is 34.6 Å². The molecule has 0 N–H and O–H groups in total. The van der Waals surface area contributed by atoms with Crippen LogP contribution in [0.3, 0.4) is 0 Å². The molecule has 0 aromatic rings. The van der Waals surface area contributed by atoms with Crippen LogP contribution in [0.4, 0.5) is 4.79 Å². The summed E-state index contributed by atoms with van der Waals surface area (Å²) in [5, 5.41) is 0. The molecule has 1 aliphatic heterocycles. The van der Waals surface area contributed by atoms with E-state index in [1.165, 1.54) is 0 Å². The van der Waals surface area contributed by atoms with Crippen molar-refractivity contribution in [3.8, 4) is 0 Å². The Morgan fingerprint density at radius 1 is 1.44 bits per heavy atom. The van der Waals surface area contributed by atoms with E-state index >= 15 is 0 Å². The summed E-state index contributed by atoms with van der Waals surface area (Å²) in [6, 6.07) is 0. The summed E-state index contributed by atoms with van der Waals surface area (Å²) in [6.45, 7) is 10.6. The van der Waals surface area contributed by atoms with Crippen LogP contribution >= 0.6 is 0 Å². The smallest absolute Gasteiger partial charge is 0.410 e. The van der Waals surface area contributed by atoms with Crippen LogP contribution in [0.1, 0.15) is 53.9 Å². The van der Waals surface area contributed by atoms with Crippen molar-refractivity contribution in [1.29, 1.82) is 0 Å². The summed E-state index contributed by atoms with van der Waals surface area (Å²) in [7, 11) is 0. The van der Waals surface area contributed by atoms with Gasteiger partial charge in [-0.15, -0.1) is 0 Å². The molecule has 1 saturated heterocycles. The monoisotopic (exact) mass is 255 g/mol. The van der Waals surface area contributed by atoms with Gasteiger partial charge < -0.3 is 9.64 Å². The second kappa shape index (κ2) is 5.29. The summed E-state index contributed by atoms with van der Waals surface area (Å²) >= 11 is 0. The van der Waals surface area contributed by atoms with Crippen molar-refractivity contribution in [2.24, 2.45) is 5.41 Å². The first-order valence-electron chi connectivity index (χ1n) is 6.69. The Morgan fingerprint density at radius 2 is 2.06 bits per heavy atom. The Labute approximate surface area is 110 Å². The van der Waals surface area contributed by atoms with Crippen LogP contribution in [0, 0.1) is 5.41 Å². The van der Waals surface area contributed by atoms with Gasteiger partial charge in [0.1, 0.15) is 11.4 Å². The van der Waals surface area contributed by atoms with Crippen LogP contribution in [0.15, 0.2) is 0 Å². The van der Waals surface area contributed by atoms with E-state index in [9.17, 15) is 9.59 Å². The maximum atomic E-state index is 12.1. The van der Waals surface area contributed by atoms with Crippen LogP contribution < -0.4 is 0 Å². The molecule has 0 aliphatic carbocycles. The van der Waals surface area contributed by atoms with Crippen LogP contribution in [0.25, 0.3) is 0 Å². The van der Waals surface area contributed by atoms with E-state index in [4.69, 9.17) is 4.74 Å². The number of nitrogens with zero attached hydrogens (tertiary/aromatic N) is 1. The number of Topliss-reactive ketones (excluding diaryl/α,β-unsaturated/α-hetero) is 1. The van der Waals surface area contributed by atoms with Gasteiger partial charge in [-0.3, -0.25) is 4.79 Å². The number of carbonyl (C=O) groups excluding carboxylic acids is 2. The first-order valence-corrected chi connectivity index (χ1v) is 6.69. The van der Waals surface area contributed by atoms with E-state index in [1.54, 1.807) is 4.90 Å². The van der Waals surface area contributed by atoms with Crippen molar-refractivity contribution in [2.45, 2.75) is 59.5 Å². The molecule has 1 heterocycles. The summed E-state index contributed by atoms with van der Waals surface area (Å²) < 4.78 is 5.38. The van der Waals surface area contributed by atoms with Gasteiger partial charge in [0.25, 0.3) is 0 Å². The molecule has 104 valence electrons. The van der Waals surface area contributed by atoms with Gasteiger partial charge in [0, 0.05) is 24.9 Å². The molecule has 1 aliphatic rings. The lowest BCUT2D eigenvalue weighted by Crippen LogP contribution is -2.43. The molecule has 0 saturated carbocycles. The normalized spacial score (nSPS) is 25.8. The second-order valence-electron chi connectivity index (χ2n) is 6.34. The molecule has 0 aromatic carbocycles. The van der Waals surface area contributed by atoms with Gasteiger partial charge in [-0.25, -0.2) is 4.79 Å². The van der Waals surface area contributed by atoms with Gasteiger partial charge in [-0.2, -0.15) is 0 Å². The number of ketones is 1. The Balaban J connectivity index is 2.78. The van der Waals surface area contributed by atoms with Crippen molar-refractivity contribution >= 4 is 11.9 Å². The highest BCUT2D eigenvalue weighted by molar-refractivity contribution is 5.85. The zero-order chi connectivity index (χ0) is 14.0. The molecule has 0 bridgehead atoms. The van der Waals surface area contributed by atoms with Crippen LogP contribution in [-0.4, -0.2) is 35.5 Å². The number of amides is 1. The summed E-state index contributed by atoms with van der Waals surface area (Å²) in [6.07, 6.45) is 1.74. The molecule has 1 rings (SSSR count). The minimum absolute atomic E-state index is 0.260. The van der Waals surface area contributed by atoms with Crippen molar-refractivity contribution in [3.63, 3.8) is 0 Å². The fourth-order valence-electron chi connectivity index (χ4n) is 2.11. The molecule has 1 atom stereocenters. The quantitative estimate of drug-likeness (QED) is 0.723. The molecule has 1 fully saturated rings. The van der Waals surface area contributed by atoms with Crippen LogP contribution in [0.5, 0.6) is 0 Å². The fraction of sp³-hybridized carbons (Fsp3) is 0.857. The fourth-order valence-corrected chi connectivity index (χ4v) is 2.11. The summed E-state index contributed by atoms with van der Waals surface area (Å²) in [5.41, 5.74) is -0.913. The van der Waals surface area contributed by atoms with E-state index in [2.05, 4.69) is 0 Å². The average Bonchev–Trinajstić information content (AvgIpc) is 2.38. The van der Waals surface area contributed by atoms with Gasteiger partial charge in [-0.05, 0) is 33.6 Å². The lowest BCUT2D eigenvalue weighted by Gasteiger charge is -2.32. The number of ether oxygens (including phenoxy) is 1. The number of likely N-dealkylation sites (tertiary alicyclic amines) is 1. The van der Waals surface area contributed by atoms with E-state index in [0.29, 0.717) is 19.5 Å². The molecule has 0 radical (unpaired) electrons. The third-order valence-electron chi connectivity index (χ3n) is 3.48. The van der Waals surface area contributed by atoms with Gasteiger partial charge in [0.2, 0.25) is 0 Å². The first-order chi connectivity index (χ1) is 8.18. The third-order valence-corrected chi connectivity index (χ3v) is 3.48. The lowest BCUT2D eigenvalue weighted by atomic mass is 9.81. The van der Waals surface area contributed by atoms with Gasteiger partial charge in [0.05, 0.1) is 0 Å². The zero-order valence-electron chi connectivity index (χ0n) is 12.2. The van der Waals surface area contributed by atoms with Crippen molar-refractivity contribution < 1.29 is 14.3 Å². The average molecular weight is 255 g/mol. The third kappa shape index (κ3) is 3.72. The maximum Gasteiger partial charge on any atom is 0.410 e. The largest absolute Gasteiger partial charge is 0.444 e. The maximum absolute atomic E-state index is 12.1. The summed E-state index contributed by atoms with van der Waals surface area (Å²) in [4.78, 5) is 25.8. The van der Waals surface area contributed by atoms with Crippen molar-refractivity contribution in [1.82, 2.24) is 4.90 Å². The molecule has 4 heteroatoms. The summed E-state index contributed by atoms with van der Waals surface area (Å²) in [5.74, 6) is 0.260. The second-order valence-corrected chi connectivity index (χ2v) is 6.34. The molecule has 18 heavy (non-hydrogen) atoms. The Morgan fingerprint density at radius 3 is 2.56 bits per heavy atom. The van der Waals surface area contributed by atoms with Crippen molar-refractivity contribution in [2.75, 3.05) is 13.1 Å². The number of hydrogen-bond donors (Lipinski definition) is 0. The molecular weight excluding hydrogens is 230 g/mol. The van der Waals surface area contributed by atoms with Gasteiger partial charge in [-0.1, -0.05) is 13.8 Å². The molecule has 0 aromatic heterocycles. The Kier molecular flexibility index (Phi) is 4.41. The lowest BCUT2D eigenvalue weighted by molar-refractivity contribution is -0.127. The SMILES string of the molecule is CCC1(C)CN(C(=O)OC(C)(C)C)CCCC1=O. The molecular formula is C14H25NO3. The van der Waals surface area contributed by atoms with E-state index < -0.39 is 11.0 Å². The van der Waals surface area contributed by atoms with Gasteiger partial charge >= 0.3 is 6.09 Å². The van der Waals surface area contributed by atoms with E-state index in [-0.39, 0.29) is 11.9 Å². The number of rotatable bonds is 1. The highest BCUT2D eigenvalue weighted by Crippen LogP contribution is 2.29. The highest BCUT2D eigenvalue weighted by Gasteiger charge is 2.37. The predicted octanol–water partition coefficient (Wildman–Crippen LogP) is 3.00. The predicted molar refractivity (Wildman–Crippen MR) is 70.4 cm³/mol. The zero-order valence-corrected chi connectivity index (χ0v) is 12.2. The molecule has 1 amide bonds. The minimum Gasteiger partial charge on any atom is -0.444 e. The van der Waals surface area contributed by atoms with Crippen molar-refractivity contribution in [3.05, 3.63) is 0 Å². The molecule has 0 spiro atoms. The van der Waals surface area contributed by atoms with Gasteiger partial charge in [0.15, 0.2) is 0 Å². The topological polar surface area (TPSA) is 46.6 Å². The minimum atomic E-state index is -0.490. The molecule has 1 unspecified atom stereocenters. The van der Waals surface area contributed by atoms with Crippen LogP contribution in [-0.2, 0) is 9.53 Å². The van der Waals surface area contributed by atoms with Crippen LogP contribution in [0.2, 0.25) is 0 Å². The number of carbonyl (C=O) groups is 2. The molecule has 4 nitrogen and oxygen atoms in total.